The number of rotatable bonds is 3. The summed E-state index contributed by atoms with van der Waals surface area (Å²) < 4.78 is 17.9. The molecule has 4 nitrogen and oxygen atoms in total. The van der Waals surface area contributed by atoms with Crippen molar-refractivity contribution >= 4 is 24.0 Å². The highest BCUT2D eigenvalue weighted by Gasteiger charge is 2.52. The molecule has 0 unspecified atom stereocenters. The van der Waals surface area contributed by atoms with Crippen molar-refractivity contribution in [1.82, 2.24) is 4.98 Å². The van der Waals surface area contributed by atoms with Crippen molar-refractivity contribution < 1.29 is 14.0 Å². The molecule has 6 heteroatoms. The molecule has 1 aliphatic heterocycles. The molecule has 0 bridgehead atoms. The summed E-state index contributed by atoms with van der Waals surface area (Å²) >= 11 is 1.53. The van der Waals surface area contributed by atoms with Crippen molar-refractivity contribution in [2.75, 3.05) is 0 Å². The van der Waals surface area contributed by atoms with Gasteiger partial charge in [-0.2, -0.15) is 0 Å². The zero-order chi connectivity index (χ0) is 14.4. The SMILES string of the molecule is CC1(C)OB(c2csc(OC3CCCC3)n2)OC1(C)C. The second-order valence-corrected chi connectivity index (χ2v) is 7.47. The Bertz CT molecular complexity index is 467. The van der Waals surface area contributed by atoms with Crippen molar-refractivity contribution in [3.05, 3.63) is 5.38 Å². The van der Waals surface area contributed by atoms with Crippen LogP contribution < -0.4 is 10.3 Å². The monoisotopic (exact) mass is 295 g/mol. The third-order valence-corrected chi connectivity index (χ3v) is 5.31. The number of thiazole rings is 1. The fourth-order valence-corrected chi connectivity index (χ4v) is 3.28. The predicted molar refractivity (Wildman–Crippen MR) is 80.7 cm³/mol. The third-order valence-electron chi connectivity index (χ3n) is 4.57. The van der Waals surface area contributed by atoms with Crippen LogP contribution in [0, 0.1) is 0 Å². The maximum atomic E-state index is 6.00. The summed E-state index contributed by atoms with van der Waals surface area (Å²) in [5, 5.41) is 2.72. The van der Waals surface area contributed by atoms with E-state index in [4.69, 9.17) is 14.0 Å². The van der Waals surface area contributed by atoms with Gasteiger partial charge in [-0.3, -0.25) is 0 Å². The second-order valence-electron chi connectivity index (χ2n) is 6.65. The molecule has 0 atom stereocenters. The molecule has 2 fully saturated rings. The molecule has 0 spiro atoms. The van der Waals surface area contributed by atoms with Crippen LogP contribution >= 0.6 is 11.3 Å². The van der Waals surface area contributed by atoms with Crippen LogP contribution in [0.5, 0.6) is 5.19 Å². The summed E-state index contributed by atoms with van der Waals surface area (Å²) in [5.74, 6) is 0. The molecule has 0 radical (unpaired) electrons. The zero-order valence-electron chi connectivity index (χ0n) is 12.6. The average Bonchev–Trinajstić information content (AvgIpc) is 3.02. The van der Waals surface area contributed by atoms with Crippen LogP contribution in [0.1, 0.15) is 53.4 Å². The van der Waals surface area contributed by atoms with E-state index in [0.29, 0.717) is 6.10 Å². The molecule has 110 valence electrons. The molecule has 1 saturated heterocycles. The fourth-order valence-electron chi connectivity index (χ4n) is 2.54. The molecular weight excluding hydrogens is 273 g/mol. The van der Waals surface area contributed by atoms with Crippen LogP contribution in [0.2, 0.25) is 0 Å². The highest BCUT2D eigenvalue weighted by Crippen LogP contribution is 2.36. The molecule has 2 heterocycles. The molecule has 20 heavy (non-hydrogen) atoms. The van der Waals surface area contributed by atoms with Crippen LogP contribution in [0.4, 0.5) is 0 Å². The lowest BCUT2D eigenvalue weighted by Gasteiger charge is -2.32. The zero-order valence-corrected chi connectivity index (χ0v) is 13.5. The van der Waals surface area contributed by atoms with Gasteiger partial charge in [0.2, 0.25) is 0 Å². The van der Waals surface area contributed by atoms with E-state index in [1.165, 1.54) is 24.2 Å². The van der Waals surface area contributed by atoms with E-state index in [1.54, 1.807) is 0 Å². The Morgan fingerprint density at radius 3 is 2.40 bits per heavy atom. The first-order valence-corrected chi connectivity index (χ1v) is 8.23. The quantitative estimate of drug-likeness (QED) is 0.804. The fraction of sp³-hybridized carbons (Fsp3) is 0.786. The van der Waals surface area contributed by atoms with Gasteiger partial charge in [0.25, 0.3) is 5.19 Å². The molecule has 1 aliphatic carbocycles. The minimum atomic E-state index is -0.392. The Hall–Kier alpha value is -0.585. The molecule has 0 amide bonds. The predicted octanol–water partition coefficient (Wildman–Crippen LogP) is 2.76. The van der Waals surface area contributed by atoms with Gasteiger partial charge in [0.1, 0.15) is 6.10 Å². The van der Waals surface area contributed by atoms with Crippen LogP contribution in [-0.2, 0) is 9.31 Å². The summed E-state index contributed by atoms with van der Waals surface area (Å²) in [4.78, 5) is 4.53. The van der Waals surface area contributed by atoms with Gasteiger partial charge in [0.15, 0.2) is 0 Å². The molecule has 0 N–H and O–H groups in total. The van der Waals surface area contributed by atoms with Crippen LogP contribution in [-0.4, -0.2) is 29.4 Å². The van der Waals surface area contributed by atoms with Gasteiger partial charge in [0.05, 0.1) is 16.8 Å². The van der Waals surface area contributed by atoms with Gasteiger partial charge in [-0.25, -0.2) is 4.98 Å². The lowest BCUT2D eigenvalue weighted by Crippen LogP contribution is -2.41. The number of hydrogen-bond donors (Lipinski definition) is 0. The molecular formula is C14H22BNO3S. The number of aromatic nitrogens is 1. The summed E-state index contributed by atoms with van der Waals surface area (Å²) in [6.07, 6.45) is 5.16. The normalized spacial score (nSPS) is 25.3. The van der Waals surface area contributed by atoms with E-state index in [2.05, 4.69) is 32.7 Å². The van der Waals surface area contributed by atoms with Crippen LogP contribution in [0.3, 0.4) is 0 Å². The highest BCUT2D eigenvalue weighted by molar-refractivity contribution is 7.12. The maximum Gasteiger partial charge on any atom is 0.515 e. The van der Waals surface area contributed by atoms with Crippen molar-refractivity contribution in [1.29, 1.82) is 0 Å². The Morgan fingerprint density at radius 1 is 1.20 bits per heavy atom. The van der Waals surface area contributed by atoms with Crippen molar-refractivity contribution in [3.63, 3.8) is 0 Å². The van der Waals surface area contributed by atoms with Crippen molar-refractivity contribution in [2.45, 2.75) is 70.7 Å². The maximum absolute atomic E-state index is 6.00. The van der Waals surface area contributed by atoms with Crippen molar-refractivity contribution in [2.24, 2.45) is 0 Å². The lowest BCUT2D eigenvalue weighted by molar-refractivity contribution is 0.00578. The first-order chi connectivity index (χ1) is 9.37. The van der Waals surface area contributed by atoms with Gasteiger partial charge in [-0.05, 0) is 53.4 Å². The smallest absolute Gasteiger partial charge is 0.467 e. The standard InChI is InChI=1S/C14H22BNO3S/c1-13(2)14(3,4)19-15(18-13)11-9-20-12(16-11)17-10-7-5-6-8-10/h9-10H,5-8H2,1-4H3. The average molecular weight is 295 g/mol. The minimum absolute atomic E-state index is 0.326. The Labute approximate surface area is 125 Å². The Balaban J connectivity index is 1.68. The van der Waals surface area contributed by atoms with Gasteiger partial charge in [-0.15, -0.1) is 0 Å². The van der Waals surface area contributed by atoms with Crippen LogP contribution in [0.15, 0.2) is 5.38 Å². The second kappa shape index (κ2) is 5.00. The molecule has 0 aromatic carbocycles. The first-order valence-electron chi connectivity index (χ1n) is 7.35. The molecule has 1 aromatic rings. The molecule has 1 saturated carbocycles. The summed E-state index contributed by atoms with van der Waals surface area (Å²) in [6, 6.07) is 0. The van der Waals surface area contributed by atoms with E-state index in [1.807, 2.05) is 5.38 Å². The van der Waals surface area contributed by atoms with Gasteiger partial charge < -0.3 is 14.0 Å². The van der Waals surface area contributed by atoms with E-state index < -0.39 is 7.12 Å². The van der Waals surface area contributed by atoms with Gasteiger partial charge in [-0.1, -0.05) is 11.3 Å². The van der Waals surface area contributed by atoms with Gasteiger partial charge in [0, 0.05) is 5.38 Å². The molecule has 2 aliphatic rings. The van der Waals surface area contributed by atoms with E-state index >= 15 is 0 Å². The van der Waals surface area contributed by atoms with Gasteiger partial charge >= 0.3 is 7.12 Å². The lowest BCUT2D eigenvalue weighted by atomic mass is 9.86. The van der Waals surface area contributed by atoms with Crippen LogP contribution in [0.25, 0.3) is 0 Å². The van der Waals surface area contributed by atoms with E-state index in [-0.39, 0.29) is 11.2 Å². The van der Waals surface area contributed by atoms with E-state index in [9.17, 15) is 0 Å². The van der Waals surface area contributed by atoms with Crippen molar-refractivity contribution in [3.8, 4) is 5.19 Å². The summed E-state index contributed by atoms with van der Waals surface area (Å²) in [6.45, 7) is 8.20. The Morgan fingerprint density at radius 2 is 1.80 bits per heavy atom. The minimum Gasteiger partial charge on any atom is -0.467 e. The first kappa shape index (κ1) is 14.4. The topological polar surface area (TPSA) is 40.6 Å². The number of hydrogen-bond acceptors (Lipinski definition) is 5. The molecule has 3 rings (SSSR count). The third kappa shape index (κ3) is 2.61. The largest absolute Gasteiger partial charge is 0.515 e. The summed E-state index contributed by atoms with van der Waals surface area (Å²) in [7, 11) is -0.392. The van der Waals surface area contributed by atoms with E-state index in [0.717, 1.165) is 23.6 Å². The highest BCUT2D eigenvalue weighted by atomic mass is 32.1. The Kier molecular flexibility index (Phi) is 3.59. The number of nitrogens with zero attached hydrogens (tertiary/aromatic N) is 1. The summed E-state index contributed by atoms with van der Waals surface area (Å²) in [5.41, 5.74) is 0.170. The molecule has 1 aromatic heterocycles. The number of ether oxygens (including phenoxy) is 1.